The zero-order valence-electron chi connectivity index (χ0n) is 18.1. The van der Waals surface area contributed by atoms with Crippen LogP contribution in [0.25, 0.3) is 0 Å². The van der Waals surface area contributed by atoms with Crippen LogP contribution >= 0.6 is 0 Å². The molecule has 2 N–H and O–H groups in total. The third kappa shape index (κ3) is 6.11. The lowest BCUT2D eigenvalue weighted by molar-refractivity contribution is -0.155. The van der Waals surface area contributed by atoms with Gasteiger partial charge in [0.1, 0.15) is 16.8 Å². The zero-order chi connectivity index (χ0) is 23.3. The lowest BCUT2D eigenvalue weighted by atomic mass is 10.1. The summed E-state index contributed by atoms with van der Waals surface area (Å²) >= 11 is 0. The van der Waals surface area contributed by atoms with Gasteiger partial charge in [0.25, 0.3) is 5.91 Å². The molecule has 2 rings (SSSR count). The molecule has 7 nitrogen and oxygen atoms in total. The molecule has 2 aromatic carbocycles. The van der Waals surface area contributed by atoms with Gasteiger partial charge in [-0.05, 0) is 49.9 Å². The molecule has 0 bridgehead atoms. The number of anilines is 1. The van der Waals surface area contributed by atoms with Crippen molar-refractivity contribution < 1.29 is 27.1 Å². The molecule has 31 heavy (non-hydrogen) atoms. The summed E-state index contributed by atoms with van der Waals surface area (Å²) in [5.41, 5.74) is 2.32. The molecule has 1 amide bonds. The maximum atomic E-state index is 13.9. The molecule has 0 spiro atoms. The van der Waals surface area contributed by atoms with E-state index in [0.29, 0.717) is 5.69 Å². The number of amides is 1. The summed E-state index contributed by atoms with van der Waals surface area (Å²) < 4.78 is 46.5. The van der Waals surface area contributed by atoms with Gasteiger partial charge in [-0.2, -0.15) is 4.72 Å². The molecule has 0 aliphatic rings. The van der Waals surface area contributed by atoms with Gasteiger partial charge in [0, 0.05) is 5.69 Å². The molecule has 0 saturated heterocycles. The van der Waals surface area contributed by atoms with E-state index in [2.05, 4.69) is 10.0 Å². The van der Waals surface area contributed by atoms with E-state index < -0.39 is 50.7 Å². The summed E-state index contributed by atoms with van der Waals surface area (Å²) in [4.78, 5) is 24.6. The SMILES string of the molecule is Cc1cccc(C)c1NC(=O)C(C)OC(=O)[C@@H](NS(=O)(=O)c1ccccc1F)C(C)C. The summed E-state index contributed by atoms with van der Waals surface area (Å²) in [5.74, 6) is -2.93. The van der Waals surface area contributed by atoms with Crippen LogP contribution in [-0.4, -0.2) is 32.4 Å². The van der Waals surface area contributed by atoms with E-state index in [-0.39, 0.29) is 0 Å². The Morgan fingerprint density at radius 3 is 2.10 bits per heavy atom. The number of carbonyl (C=O) groups excluding carboxylic acids is 2. The fraction of sp³-hybridized carbons (Fsp3) is 0.364. The molecule has 2 aromatic rings. The third-order valence-corrected chi connectivity index (χ3v) is 6.19. The van der Waals surface area contributed by atoms with Crippen molar-refractivity contribution in [1.82, 2.24) is 4.72 Å². The summed E-state index contributed by atoms with van der Waals surface area (Å²) in [6, 6.07) is 9.08. The van der Waals surface area contributed by atoms with Crippen LogP contribution < -0.4 is 10.0 Å². The summed E-state index contributed by atoms with van der Waals surface area (Å²) in [6.07, 6.45) is -1.18. The highest BCUT2D eigenvalue weighted by Crippen LogP contribution is 2.20. The van der Waals surface area contributed by atoms with Gasteiger partial charge < -0.3 is 10.1 Å². The standard InChI is InChI=1S/C22H27FN2O5S/c1-13(2)19(25-31(28,29)18-12-7-6-11-17(18)23)22(27)30-16(5)21(26)24-20-14(3)9-8-10-15(20)4/h6-13,16,19,25H,1-5H3,(H,24,26)/t16?,19-/m0/s1. The number of rotatable bonds is 8. The van der Waals surface area contributed by atoms with Crippen molar-refractivity contribution in [3.05, 3.63) is 59.4 Å². The van der Waals surface area contributed by atoms with E-state index in [1.807, 2.05) is 32.0 Å². The number of esters is 1. The summed E-state index contributed by atoms with van der Waals surface area (Å²) in [5, 5.41) is 2.73. The Morgan fingerprint density at radius 1 is 0.968 bits per heavy atom. The molecule has 0 aliphatic heterocycles. The first kappa shape index (κ1) is 24.5. The first-order chi connectivity index (χ1) is 14.4. The maximum absolute atomic E-state index is 13.9. The van der Waals surface area contributed by atoms with E-state index in [0.717, 1.165) is 23.3 Å². The number of hydrogen-bond donors (Lipinski definition) is 2. The minimum atomic E-state index is -4.32. The maximum Gasteiger partial charge on any atom is 0.325 e. The van der Waals surface area contributed by atoms with Crippen LogP contribution in [0.2, 0.25) is 0 Å². The number of para-hydroxylation sites is 1. The van der Waals surface area contributed by atoms with Gasteiger partial charge in [0.05, 0.1) is 0 Å². The number of halogens is 1. The monoisotopic (exact) mass is 450 g/mol. The second-order valence-corrected chi connectivity index (χ2v) is 9.29. The Kier molecular flexibility index (Phi) is 7.91. The molecule has 0 fully saturated rings. The van der Waals surface area contributed by atoms with Gasteiger partial charge in [0.2, 0.25) is 10.0 Å². The Balaban J connectivity index is 2.13. The quantitative estimate of drug-likeness (QED) is 0.601. The molecule has 168 valence electrons. The molecule has 0 aliphatic carbocycles. The number of benzene rings is 2. The van der Waals surface area contributed by atoms with Crippen LogP contribution in [-0.2, 0) is 24.3 Å². The number of hydrogen-bond acceptors (Lipinski definition) is 5. The third-order valence-electron chi connectivity index (χ3n) is 4.72. The van der Waals surface area contributed by atoms with E-state index in [4.69, 9.17) is 4.74 Å². The Morgan fingerprint density at radius 2 is 1.55 bits per heavy atom. The topological polar surface area (TPSA) is 102 Å². The lowest BCUT2D eigenvalue weighted by Crippen LogP contribution is -2.47. The van der Waals surface area contributed by atoms with Crippen LogP contribution in [0, 0.1) is 25.6 Å². The van der Waals surface area contributed by atoms with Crippen molar-refractivity contribution >= 4 is 27.6 Å². The zero-order valence-corrected chi connectivity index (χ0v) is 18.9. The fourth-order valence-electron chi connectivity index (χ4n) is 2.89. The van der Waals surface area contributed by atoms with Crippen LogP contribution in [0.3, 0.4) is 0 Å². The average molecular weight is 451 g/mol. The van der Waals surface area contributed by atoms with Gasteiger partial charge in [-0.1, -0.05) is 44.2 Å². The Hall–Kier alpha value is -2.78. The second kappa shape index (κ2) is 10.0. The molecule has 0 heterocycles. The molecule has 0 saturated carbocycles. The smallest absolute Gasteiger partial charge is 0.325 e. The van der Waals surface area contributed by atoms with Gasteiger partial charge >= 0.3 is 5.97 Å². The lowest BCUT2D eigenvalue weighted by Gasteiger charge is -2.23. The van der Waals surface area contributed by atoms with Gasteiger partial charge in [-0.25, -0.2) is 12.8 Å². The molecular weight excluding hydrogens is 423 g/mol. The minimum absolute atomic E-state index is 0.511. The van der Waals surface area contributed by atoms with Crippen molar-refractivity contribution in [1.29, 1.82) is 0 Å². The highest BCUT2D eigenvalue weighted by molar-refractivity contribution is 7.89. The minimum Gasteiger partial charge on any atom is -0.451 e. The van der Waals surface area contributed by atoms with E-state index in [1.165, 1.54) is 19.1 Å². The number of carbonyl (C=O) groups is 2. The highest BCUT2D eigenvalue weighted by atomic mass is 32.2. The number of nitrogens with one attached hydrogen (secondary N) is 2. The van der Waals surface area contributed by atoms with Gasteiger partial charge in [0.15, 0.2) is 6.10 Å². The number of aryl methyl sites for hydroxylation is 2. The molecule has 1 unspecified atom stereocenters. The van der Waals surface area contributed by atoms with Crippen LogP contribution in [0.5, 0.6) is 0 Å². The average Bonchev–Trinajstić information content (AvgIpc) is 2.68. The fourth-order valence-corrected chi connectivity index (χ4v) is 4.30. The van der Waals surface area contributed by atoms with Gasteiger partial charge in [-0.15, -0.1) is 0 Å². The van der Waals surface area contributed by atoms with Crippen LogP contribution in [0.15, 0.2) is 47.4 Å². The largest absolute Gasteiger partial charge is 0.451 e. The predicted octanol–water partition coefficient (Wildman–Crippen LogP) is 3.32. The van der Waals surface area contributed by atoms with Crippen molar-refractivity contribution in [3.8, 4) is 0 Å². The van der Waals surface area contributed by atoms with Crippen molar-refractivity contribution in [3.63, 3.8) is 0 Å². The number of ether oxygens (including phenoxy) is 1. The van der Waals surface area contributed by atoms with E-state index in [1.54, 1.807) is 13.8 Å². The molecule has 2 atom stereocenters. The Labute approximate surface area is 182 Å². The molecule has 0 aromatic heterocycles. The highest BCUT2D eigenvalue weighted by Gasteiger charge is 2.33. The van der Waals surface area contributed by atoms with E-state index >= 15 is 0 Å². The number of sulfonamides is 1. The molecule has 0 radical (unpaired) electrons. The molecular formula is C22H27FN2O5S. The summed E-state index contributed by atoms with van der Waals surface area (Å²) in [6.45, 7) is 8.29. The van der Waals surface area contributed by atoms with Gasteiger partial charge in [-0.3, -0.25) is 9.59 Å². The first-order valence-electron chi connectivity index (χ1n) is 9.78. The van der Waals surface area contributed by atoms with Crippen LogP contribution in [0.4, 0.5) is 10.1 Å². The Bertz CT molecular complexity index is 1050. The van der Waals surface area contributed by atoms with E-state index in [9.17, 15) is 22.4 Å². The first-order valence-corrected chi connectivity index (χ1v) is 11.3. The second-order valence-electron chi connectivity index (χ2n) is 7.61. The predicted molar refractivity (Wildman–Crippen MR) is 115 cm³/mol. The summed E-state index contributed by atoms with van der Waals surface area (Å²) in [7, 11) is -4.32. The van der Waals surface area contributed by atoms with Crippen molar-refractivity contribution in [2.24, 2.45) is 5.92 Å². The van der Waals surface area contributed by atoms with Crippen molar-refractivity contribution in [2.75, 3.05) is 5.32 Å². The molecule has 9 heteroatoms. The van der Waals surface area contributed by atoms with Crippen molar-refractivity contribution in [2.45, 2.75) is 51.7 Å². The van der Waals surface area contributed by atoms with Crippen LogP contribution in [0.1, 0.15) is 31.9 Å². The normalized spacial score (nSPS) is 13.5.